The van der Waals surface area contributed by atoms with Crippen molar-refractivity contribution < 1.29 is 0 Å². The van der Waals surface area contributed by atoms with Gasteiger partial charge in [-0.3, -0.25) is 9.58 Å². The van der Waals surface area contributed by atoms with Crippen LogP contribution in [0.3, 0.4) is 0 Å². The molecule has 0 radical (unpaired) electrons. The molecule has 0 aliphatic carbocycles. The number of guanidine groups is 1. The zero-order chi connectivity index (χ0) is 19.1. The minimum absolute atomic E-state index is 0.354. The van der Waals surface area contributed by atoms with Crippen LogP contribution in [0.25, 0.3) is 0 Å². The molecule has 0 spiro atoms. The molecule has 1 unspecified atom stereocenters. The summed E-state index contributed by atoms with van der Waals surface area (Å²) in [6.45, 7) is 8.69. The van der Waals surface area contributed by atoms with E-state index in [9.17, 15) is 0 Å². The molecule has 7 heteroatoms. The van der Waals surface area contributed by atoms with E-state index in [4.69, 9.17) is 0 Å². The molecule has 0 saturated carbocycles. The Labute approximate surface area is 161 Å². The quantitative estimate of drug-likeness (QED) is 0.577. The summed E-state index contributed by atoms with van der Waals surface area (Å²) < 4.78 is 1.76. The van der Waals surface area contributed by atoms with E-state index in [-0.39, 0.29) is 0 Å². The van der Waals surface area contributed by atoms with Gasteiger partial charge in [-0.05, 0) is 45.3 Å². The number of nitrogens with one attached hydrogen (secondary N) is 2. The summed E-state index contributed by atoms with van der Waals surface area (Å²) in [5.74, 6) is 1.67. The highest BCUT2D eigenvalue weighted by atomic mass is 15.3. The van der Waals surface area contributed by atoms with Crippen molar-refractivity contribution in [3.63, 3.8) is 0 Å². The third-order valence-corrected chi connectivity index (χ3v) is 5.03. The van der Waals surface area contributed by atoms with E-state index in [1.165, 1.54) is 24.0 Å². The molecular weight excluding hydrogens is 338 g/mol. The van der Waals surface area contributed by atoms with Gasteiger partial charge in [0, 0.05) is 20.1 Å². The van der Waals surface area contributed by atoms with E-state index in [1.54, 1.807) is 11.0 Å². The van der Waals surface area contributed by atoms with E-state index in [2.05, 4.69) is 68.7 Å². The number of nitrogens with zero attached hydrogens (tertiary/aromatic N) is 5. The predicted molar refractivity (Wildman–Crippen MR) is 109 cm³/mol. The van der Waals surface area contributed by atoms with Crippen LogP contribution in [0, 0.1) is 6.92 Å². The highest BCUT2D eigenvalue weighted by Gasteiger charge is 2.23. The summed E-state index contributed by atoms with van der Waals surface area (Å²) in [7, 11) is 1.89. The molecule has 0 bridgehead atoms. The molecule has 7 nitrogen and oxygen atoms in total. The lowest BCUT2D eigenvalue weighted by Gasteiger charge is -2.29. The van der Waals surface area contributed by atoms with Crippen molar-refractivity contribution in [1.29, 1.82) is 0 Å². The summed E-state index contributed by atoms with van der Waals surface area (Å²) in [6, 6.07) is 9.26. The third-order valence-electron chi connectivity index (χ3n) is 5.03. The number of aromatic nitrogens is 3. The number of rotatable bonds is 7. The minimum Gasteiger partial charge on any atom is -0.357 e. The number of aliphatic imine (C=N–C) groups is 1. The fourth-order valence-corrected chi connectivity index (χ4v) is 3.45. The zero-order valence-corrected chi connectivity index (χ0v) is 16.6. The van der Waals surface area contributed by atoms with Crippen LogP contribution in [-0.4, -0.2) is 51.8 Å². The Morgan fingerprint density at radius 2 is 1.93 bits per heavy atom. The van der Waals surface area contributed by atoms with Gasteiger partial charge in [-0.1, -0.05) is 29.8 Å². The highest BCUT2D eigenvalue weighted by molar-refractivity contribution is 5.79. The van der Waals surface area contributed by atoms with Crippen LogP contribution in [0.4, 0.5) is 0 Å². The van der Waals surface area contributed by atoms with Gasteiger partial charge >= 0.3 is 0 Å². The first-order chi connectivity index (χ1) is 13.2. The second-order valence-electron chi connectivity index (χ2n) is 7.05. The molecule has 3 rings (SSSR count). The first kappa shape index (κ1) is 19.4. The van der Waals surface area contributed by atoms with Gasteiger partial charge in [-0.25, -0.2) is 9.98 Å². The van der Waals surface area contributed by atoms with Crippen LogP contribution in [-0.2, 0) is 13.6 Å². The lowest BCUT2D eigenvalue weighted by atomic mass is 10.0. The maximum atomic E-state index is 4.68. The average Bonchev–Trinajstić information content (AvgIpc) is 3.33. The lowest BCUT2D eigenvalue weighted by Crippen LogP contribution is -2.42. The minimum atomic E-state index is 0.354. The Balaban J connectivity index is 1.69. The van der Waals surface area contributed by atoms with Gasteiger partial charge in [0.1, 0.15) is 18.7 Å². The molecule has 1 aromatic carbocycles. The first-order valence-electron chi connectivity index (χ1n) is 9.83. The predicted octanol–water partition coefficient (Wildman–Crippen LogP) is 2.02. The van der Waals surface area contributed by atoms with E-state index >= 15 is 0 Å². The monoisotopic (exact) mass is 369 g/mol. The Kier molecular flexibility index (Phi) is 6.81. The Hall–Kier alpha value is -2.41. The van der Waals surface area contributed by atoms with Crippen molar-refractivity contribution in [2.24, 2.45) is 12.0 Å². The largest absolute Gasteiger partial charge is 0.357 e. The maximum absolute atomic E-state index is 4.68. The van der Waals surface area contributed by atoms with Crippen molar-refractivity contribution in [2.75, 3.05) is 26.2 Å². The van der Waals surface area contributed by atoms with Crippen molar-refractivity contribution in [1.82, 2.24) is 30.3 Å². The van der Waals surface area contributed by atoms with Gasteiger partial charge in [-0.2, -0.15) is 5.10 Å². The standard InChI is InChI=1S/C20H31N7/c1-4-21-20(23-14-19-24-15-25-26(19)3)22-13-18(27-11-5-6-12-27)17-9-7-16(2)8-10-17/h7-10,15,18H,4-6,11-14H2,1-3H3,(H2,21,22,23). The Morgan fingerprint density at radius 3 is 2.56 bits per heavy atom. The van der Waals surface area contributed by atoms with Crippen molar-refractivity contribution >= 4 is 5.96 Å². The van der Waals surface area contributed by atoms with Crippen LogP contribution >= 0.6 is 0 Å². The van der Waals surface area contributed by atoms with Crippen molar-refractivity contribution in [2.45, 2.75) is 39.3 Å². The molecule has 1 saturated heterocycles. The molecule has 146 valence electrons. The van der Waals surface area contributed by atoms with Crippen LogP contribution in [0.5, 0.6) is 0 Å². The van der Waals surface area contributed by atoms with E-state index in [0.29, 0.717) is 12.6 Å². The maximum Gasteiger partial charge on any atom is 0.191 e. The van der Waals surface area contributed by atoms with Crippen molar-refractivity contribution in [3.05, 3.63) is 47.5 Å². The van der Waals surface area contributed by atoms with Crippen LogP contribution in [0.15, 0.2) is 35.6 Å². The van der Waals surface area contributed by atoms with Crippen LogP contribution in [0.1, 0.15) is 42.8 Å². The number of aryl methyl sites for hydroxylation is 2. The summed E-state index contributed by atoms with van der Waals surface area (Å²) in [4.78, 5) is 11.5. The lowest BCUT2D eigenvalue weighted by molar-refractivity contribution is 0.245. The molecule has 1 aliphatic heterocycles. The van der Waals surface area contributed by atoms with Gasteiger partial charge in [0.05, 0.1) is 6.04 Å². The summed E-state index contributed by atoms with van der Waals surface area (Å²) in [5, 5.41) is 11.0. The number of benzene rings is 1. The van der Waals surface area contributed by atoms with E-state index < -0.39 is 0 Å². The summed E-state index contributed by atoms with van der Waals surface area (Å²) >= 11 is 0. The molecule has 1 fully saturated rings. The molecule has 1 atom stereocenters. The molecule has 2 aromatic rings. The third kappa shape index (κ3) is 5.29. The van der Waals surface area contributed by atoms with Crippen LogP contribution < -0.4 is 10.6 Å². The summed E-state index contributed by atoms with van der Waals surface area (Å²) in [6.07, 6.45) is 4.12. The zero-order valence-electron chi connectivity index (χ0n) is 16.6. The number of hydrogen-bond donors (Lipinski definition) is 2. The Morgan fingerprint density at radius 1 is 1.19 bits per heavy atom. The number of hydrogen-bond acceptors (Lipinski definition) is 4. The first-order valence-corrected chi connectivity index (χ1v) is 9.83. The summed E-state index contributed by atoms with van der Waals surface area (Å²) in [5.41, 5.74) is 2.66. The molecule has 1 aromatic heterocycles. The molecular formula is C20H31N7. The SMILES string of the molecule is CCNC(=NCc1ncnn1C)NCC(c1ccc(C)cc1)N1CCCC1. The van der Waals surface area contributed by atoms with E-state index in [0.717, 1.165) is 38.0 Å². The molecule has 1 aliphatic rings. The molecule has 2 heterocycles. The normalized spacial score (nSPS) is 16.5. The fraction of sp³-hybridized carbons (Fsp3) is 0.550. The van der Waals surface area contributed by atoms with E-state index in [1.807, 2.05) is 7.05 Å². The fourth-order valence-electron chi connectivity index (χ4n) is 3.45. The molecule has 27 heavy (non-hydrogen) atoms. The Bertz CT molecular complexity index is 729. The van der Waals surface area contributed by atoms with Gasteiger partial charge in [0.25, 0.3) is 0 Å². The smallest absolute Gasteiger partial charge is 0.191 e. The topological polar surface area (TPSA) is 70.4 Å². The highest BCUT2D eigenvalue weighted by Crippen LogP contribution is 2.24. The molecule has 2 N–H and O–H groups in total. The van der Waals surface area contributed by atoms with Gasteiger partial charge in [0.2, 0.25) is 0 Å². The van der Waals surface area contributed by atoms with Gasteiger partial charge < -0.3 is 10.6 Å². The second kappa shape index (κ2) is 9.50. The van der Waals surface area contributed by atoms with Gasteiger partial charge in [-0.15, -0.1) is 0 Å². The average molecular weight is 370 g/mol. The molecule has 0 amide bonds. The van der Waals surface area contributed by atoms with Crippen LogP contribution in [0.2, 0.25) is 0 Å². The van der Waals surface area contributed by atoms with Gasteiger partial charge in [0.15, 0.2) is 5.96 Å². The second-order valence-corrected chi connectivity index (χ2v) is 7.05. The van der Waals surface area contributed by atoms with Crippen molar-refractivity contribution in [3.8, 4) is 0 Å². The number of likely N-dealkylation sites (tertiary alicyclic amines) is 1.